The lowest BCUT2D eigenvalue weighted by Gasteiger charge is -2.37. The highest BCUT2D eigenvalue weighted by Crippen LogP contribution is 2.27. The summed E-state index contributed by atoms with van der Waals surface area (Å²) in [5.41, 5.74) is 0.899. The van der Waals surface area contributed by atoms with Gasteiger partial charge in [0.25, 0.3) is 0 Å². The van der Waals surface area contributed by atoms with Crippen LogP contribution in [0.4, 0.5) is 5.69 Å². The molecule has 1 fully saturated rings. The molecule has 1 saturated heterocycles. The Morgan fingerprint density at radius 2 is 1.74 bits per heavy atom. The van der Waals surface area contributed by atoms with E-state index < -0.39 is 25.1 Å². The zero-order valence-electron chi connectivity index (χ0n) is 15.7. The normalized spacial score (nSPS) is 24.2. The summed E-state index contributed by atoms with van der Waals surface area (Å²) in [4.78, 5) is 31.7. The van der Waals surface area contributed by atoms with Gasteiger partial charge in [0.05, 0.1) is 24.8 Å². The van der Waals surface area contributed by atoms with Crippen LogP contribution >= 0.6 is 0 Å². The van der Waals surface area contributed by atoms with E-state index in [9.17, 15) is 9.59 Å². The van der Waals surface area contributed by atoms with Gasteiger partial charge in [-0.15, -0.1) is 0 Å². The van der Waals surface area contributed by atoms with Crippen LogP contribution in [0.5, 0.6) is 0 Å². The van der Waals surface area contributed by atoms with Crippen molar-refractivity contribution in [3.05, 3.63) is 42.5 Å². The predicted octanol–water partition coefficient (Wildman–Crippen LogP) is 1.98. The highest BCUT2D eigenvalue weighted by atomic mass is 16.7. The summed E-state index contributed by atoms with van der Waals surface area (Å²) >= 11 is 0. The van der Waals surface area contributed by atoms with E-state index in [0.717, 1.165) is 24.9 Å². The number of hydroxylamine groups is 1. The lowest BCUT2D eigenvalue weighted by molar-refractivity contribution is -0.147. The zero-order valence-corrected chi connectivity index (χ0v) is 15.7. The third-order valence-corrected chi connectivity index (χ3v) is 4.49. The first-order valence-electron chi connectivity index (χ1n) is 9.33. The number of hydrogen-bond donors (Lipinski definition) is 0. The Labute approximate surface area is 160 Å². The lowest BCUT2D eigenvalue weighted by Crippen LogP contribution is -2.52. The van der Waals surface area contributed by atoms with Crippen molar-refractivity contribution in [2.75, 3.05) is 25.2 Å². The van der Waals surface area contributed by atoms with Crippen LogP contribution in [0.25, 0.3) is 0 Å². The molecule has 1 aromatic rings. The predicted molar refractivity (Wildman–Crippen MR) is 102 cm³/mol. The molecule has 144 valence electrons. The Hall–Kier alpha value is -2.32. The van der Waals surface area contributed by atoms with Gasteiger partial charge in [0.15, 0.2) is 6.00 Å². The summed E-state index contributed by atoms with van der Waals surface area (Å²) in [6, 6.07) is 9.11. The van der Waals surface area contributed by atoms with Crippen molar-refractivity contribution in [1.82, 2.24) is 4.90 Å². The maximum Gasteiger partial charge on any atom is 0.636 e. The molecule has 3 rings (SSSR count). The van der Waals surface area contributed by atoms with Gasteiger partial charge in [0, 0.05) is 0 Å². The molecule has 0 saturated carbocycles. The van der Waals surface area contributed by atoms with E-state index in [-0.39, 0.29) is 19.1 Å². The lowest BCUT2D eigenvalue weighted by atomic mass is 9.79. The molecule has 2 aliphatic rings. The van der Waals surface area contributed by atoms with Gasteiger partial charge in [-0.1, -0.05) is 50.1 Å². The Bertz CT molecular complexity index is 664. The maximum atomic E-state index is 12.0. The minimum atomic E-state index is -1.10. The number of para-hydroxylation sites is 1. The molecule has 0 aliphatic carbocycles. The topological polar surface area (TPSA) is 68.3 Å². The molecule has 1 aromatic carbocycles. The van der Waals surface area contributed by atoms with Crippen molar-refractivity contribution in [3.63, 3.8) is 0 Å². The fraction of sp³-hybridized carbons (Fsp3) is 0.474. The van der Waals surface area contributed by atoms with Crippen LogP contribution in [0.15, 0.2) is 42.5 Å². The minimum Gasteiger partial charge on any atom is -0.496 e. The standard InChI is InChI=1S/C19H25BN2O5/c1-3-4-8-16-11-12-17(27-22(16)15-9-6-5-7-10-15)20-25-18(23)13-21(2)14-19(24)26-20/h5-7,9-12,16-17H,3-4,8,13-14H2,1-2H3/t16-,17-/m0/s1. The van der Waals surface area contributed by atoms with Gasteiger partial charge in [0.1, 0.15) is 0 Å². The van der Waals surface area contributed by atoms with Crippen LogP contribution in [-0.2, 0) is 23.7 Å². The second kappa shape index (κ2) is 9.06. The van der Waals surface area contributed by atoms with Crippen molar-refractivity contribution in [2.24, 2.45) is 0 Å². The van der Waals surface area contributed by atoms with Crippen LogP contribution in [0.2, 0.25) is 0 Å². The minimum absolute atomic E-state index is 0.0313. The van der Waals surface area contributed by atoms with E-state index >= 15 is 0 Å². The third kappa shape index (κ3) is 5.11. The molecular weight excluding hydrogens is 347 g/mol. The van der Waals surface area contributed by atoms with Crippen LogP contribution in [-0.4, -0.2) is 56.1 Å². The molecule has 2 heterocycles. The number of benzene rings is 1. The number of hydrogen-bond acceptors (Lipinski definition) is 7. The summed E-state index contributed by atoms with van der Waals surface area (Å²) in [5.74, 6) is -0.905. The summed E-state index contributed by atoms with van der Waals surface area (Å²) in [6.07, 6.45) is 6.93. The third-order valence-electron chi connectivity index (χ3n) is 4.49. The van der Waals surface area contributed by atoms with Crippen molar-refractivity contribution in [1.29, 1.82) is 0 Å². The first-order valence-corrected chi connectivity index (χ1v) is 9.33. The number of likely N-dealkylation sites (N-methyl/N-ethyl adjacent to an activating group) is 1. The van der Waals surface area contributed by atoms with Crippen LogP contribution in [0, 0.1) is 0 Å². The molecule has 2 aliphatic heterocycles. The Morgan fingerprint density at radius 1 is 1.07 bits per heavy atom. The summed E-state index contributed by atoms with van der Waals surface area (Å²) in [7, 11) is 0.559. The van der Waals surface area contributed by atoms with E-state index in [0.29, 0.717) is 0 Å². The Balaban J connectivity index is 1.79. The highest BCUT2D eigenvalue weighted by Gasteiger charge is 2.43. The van der Waals surface area contributed by atoms with Crippen LogP contribution < -0.4 is 5.06 Å². The molecule has 27 heavy (non-hydrogen) atoms. The maximum absolute atomic E-state index is 12.0. The fourth-order valence-corrected chi connectivity index (χ4v) is 3.14. The van der Waals surface area contributed by atoms with Crippen molar-refractivity contribution >= 4 is 24.7 Å². The molecule has 0 bridgehead atoms. The smallest absolute Gasteiger partial charge is 0.496 e. The SMILES string of the molecule is CCCC[C@H]1C=C[C@@H](B2OC(=O)CN(C)CC(=O)O2)ON1c1ccccc1. The molecule has 0 unspecified atom stereocenters. The molecular formula is C19H25BN2O5. The zero-order chi connectivity index (χ0) is 19.2. The molecule has 0 spiro atoms. The summed E-state index contributed by atoms with van der Waals surface area (Å²) < 4.78 is 10.7. The molecule has 0 aromatic heterocycles. The molecule has 0 radical (unpaired) electrons. The van der Waals surface area contributed by atoms with E-state index in [1.165, 1.54) is 0 Å². The van der Waals surface area contributed by atoms with Gasteiger partial charge in [-0.2, -0.15) is 0 Å². The Morgan fingerprint density at radius 3 is 2.37 bits per heavy atom. The number of rotatable bonds is 5. The van der Waals surface area contributed by atoms with Gasteiger partial charge < -0.3 is 9.31 Å². The number of unbranched alkanes of at least 4 members (excludes halogenated alkanes) is 1. The van der Waals surface area contributed by atoms with Gasteiger partial charge in [-0.3, -0.25) is 19.3 Å². The largest absolute Gasteiger partial charge is 0.636 e. The van der Waals surface area contributed by atoms with Crippen molar-refractivity contribution in [3.8, 4) is 0 Å². The van der Waals surface area contributed by atoms with E-state index in [2.05, 4.69) is 6.92 Å². The van der Waals surface area contributed by atoms with E-state index in [1.54, 1.807) is 11.9 Å². The second-order valence-corrected chi connectivity index (χ2v) is 6.85. The van der Waals surface area contributed by atoms with Crippen LogP contribution in [0.1, 0.15) is 26.2 Å². The van der Waals surface area contributed by atoms with Crippen LogP contribution in [0.3, 0.4) is 0 Å². The number of carbonyl (C=O) groups is 2. The quantitative estimate of drug-likeness (QED) is 0.578. The number of carbonyl (C=O) groups excluding carboxylic acids is 2. The molecule has 8 heteroatoms. The Kier molecular flexibility index (Phi) is 6.52. The van der Waals surface area contributed by atoms with Crippen molar-refractivity contribution < 1.29 is 23.7 Å². The first-order chi connectivity index (χ1) is 13.1. The number of nitrogens with zero attached hydrogens (tertiary/aromatic N) is 2. The summed E-state index contributed by atoms with van der Waals surface area (Å²) in [5, 5.41) is 1.81. The van der Waals surface area contributed by atoms with E-state index in [1.807, 2.05) is 47.5 Å². The summed E-state index contributed by atoms with van der Waals surface area (Å²) in [6.45, 7) is 2.21. The monoisotopic (exact) mass is 372 g/mol. The molecule has 2 atom stereocenters. The van der Waals surface area contributed by atoms with Gasteiger partial charge >= 0.3 is 19.1 Å². The van der Waals surface area contributed by atoms with Gasteiger partial charge in [-0.05, 0) is 25.6 Å². The second-order valence-electron chi connectivity index (χ2n) is 6.85. The molecule has 0 amide bonds. The average molecular weight is 372 g/mol. The van der Waals surface area contributed by atoms with Gasteiger partial charge in [-0.25, -0.2) is 5.06 Å². The fourth-order valence-electron chi connectivity index (χ4n) is 3.14. The van der Waals surface area contributed by atoms with Gasteiger partial charge in [0.2, 0.25) is 0 Å². The highest BCUT2D eigenvalue weighted by molar-refractivity contribution is 6.51. The average Bonchev–Trinajstić information content (AvgIpc) is 2.65. The van der Waals surface area contributed by atoms with Crippen molar-refractivity contribution in [2.45, 2.75) is 38.2 Å². The number of anilines is 1. The van der Waals surface area contributed by atoms with E-state index in [4.69, 9.17) is 14.1 Å². The molecule has 0 N–H and O–H groups in total. The first kappa shape index (κ1) is 19.4. The molecule has 7 nitrogen and oxygen atoms in total.